The number of carbonyl (C=O) groups is 1. The Labute approximate surface area is 148 Å². The van der Waals surface area contributed by atoms with E-state index >= 15 is 0 Å². The highest BCUT2D eigenvalue weighted by molar-refractivity contribution is 7.16. The molecule has 0 saturated carbocycles. The van der Waals surface area contributed by atoms with Gasteiger partial charge in [-0.1, -0.05) is 48.5 Å². The molecule has 0 aliphatic heterocycles. The molecule has 0 N–H and O–H groups in total. The van der Waals surface area contributed by atoms with E-state index in [4.69, 9.17) is 0 Å². The van der Waals surface area contributed by atoms with Crippen molar-refractivity contribution in [2.45, 2.75) is 6.54 Å². The van der Waals surface area contributed by atoms with Crippen molar-refractivity contribution in [1.82, 2.24) is 9.88 Å². The number of thiazole rings is 1. The van der Waals surface area contributed by atoms with E-state index in [-0.39, 0.29) is 18.1 Å². The zero-order chi connectivity index (χ0) is 17.8. The third kappa shape index (κ3) is 3.72. The van der Waals surface area contributed by atoms with Crippen LogP contribution in [0.15, 0.2) is 60.8 Å². The molecule has 1 amide bonds. The smallest absolute Gasteiger partial charge is 0.274 e. The lowest BCUT2D eigenvalue weighted by molar-refractivity contribution is -0.385. The molecule has 2 aromatic carbocycles. The van der Waals surface area contributed by atoms with Crippen LogP contribution in [0.2, 0.25) is 0 Å². The third-order valence-electron chi connectivity index (χ3n) is 3.68. The summed E-state index contributed by atoms with van der Waals surface area (Å²) in [5.41, 5.74) is 1.46. The lowest BCUT2D eigenvalue weighted by atomic mass is 10.1. The van der Waals surface area contributed by atoms with Crippen LogP contribution >= 0.6 is 11.3 Å². The number of rotatable bonds is 5. The van der Waals surface area contributed by atoms with Gasteiger partial charge in [-0.3, -0.25) is 14.9 Å². The first-order valence-electron chi connectivity index (χ1n) is 7.55. The van der Waals surface area contributed by atoms with Crippen LogP contribution in [-0.2, 0) is 6.54 Å². The first kappa shape index (κ1) is 16.8. The summed E-state index contributed by atoms with van der Waals surface area (Å²) in [5.74, 6) is -0.210. The molecule has 1 aromatic heterocycles. The number of nitro benzene ring substituents is 1. The number of carbonyl (C=O) groups excluding carboxylic acids is 1. The number of nitrogens with zero attached hydrogens (tertiary/aromatic N) is 3. The fraction of sp³-hybridized carbons (Fsp3) is 0.111. The molecule has 3 rings (SSSR count). The Bertz CT molecular complexity index is 909. The Kier molecular flexibility index (Phi) is 4.85. The van der Waals surface area contributed by atoms with Crippen molar-refractivity contribution < 1.29 is 9.72 Å². The van der Waals surface area contributed by atoms with E-state index in [1.54, 1.807) is 31.4 Å². The second-order valence-corrected chi connectivity index (χ2v) is 6.47. The van der Waals surface area contributed by atoms with Gasteiger partial charge in [0.15, 0.2) is 0 Å². The van der Waals surface area contributed by atoms with Crippen LogP contribution in [0.3, 0.4) is 0 Å². The molecule has 6 nitrogen and oxygen atoms in total. The molecule has 7 heteroatoms. The Morgan fingerprint density at radius 2 is 1.84 bits per heavy atom. The molecule has 126 valence electrons. The van der Waals surface area contributed by atoms with Crippen LogP contribution in [0, 0.1) is 10.1 Å². The van der Waals surface area contributed by atoms with Crippen molar-refractivity contribution in [3.8, 4) is 10.6 Å². The average molecular weight is 353 g/mol. The Balaban J connectivity index is 1.78. The van der Waals surface area contributed by atoms with Crippen LogP contribution in [0.1, 0.15) is 15.2 Å². The molecule has 0 atom stereocenters. The van der Waals surface area contributed by atoms with E-state index < -0.39 is 4.92 Å². The number of aromatic nitrogens is 1. The van der Waals surface area contributed by atoms with Crippen LogP contribution in [0.25, 0.3) is 10.6 Å². The number of para-hydroxylation sites is 1. The average Bonchev–Trinajstić information content (AvgIpc) is 3.12. The van der Waals surface area contributed by atoms with Crippen molar-refractivity contribution in [2.75, 3.05) is 7.05 Å². The van der Waals surface area contributed by atoms with Crippen molar-refractivity contribution in [2.24, 2.45) is 0 Å². The Hall–Kier alpha value is -3.06. The van der Waals surface area contributed by atoms with Gasteiger partial charge < -0.3 is 4.90 Å². The predicted octanol–water partition coefficient (Wildman–Crippen LogP) is 3.99. The summed E-state index contributed by atoms with van der Waals surface area (Å²) in [7, 11) is 1.63. The normalized spacial score (nSPS) is 10.4. The molecule has 0 aliphatic carbocycles. The van der Waals surface area contributed by atoms with Gasteiger partial charge in [-0.15, -0.1) is 11.3 Å². The van der Waals surface area contributed by atoms with Gasteiger partial charge in [0.1, 0.15) is 9.88 Å². The van der Waals surface area contributed by atoms with Crippen molar-refractivity contribution >= 4 is 22.9 Å². The summed E-state index contributed by atoms with van der Waals surface area (Å²) in [4.78, 5) is 29.5. The lowest BCUT2D eigenvalue weighted by Gasteiger charge is -2.16. The van der Waals surface area contributed by atoms with Gasteiger partial charge in [0.2, 0.25) is 0 Å². The summed E-state index contributed by atoms with van der Waals surface area (Å²) >= 11 is 1.31. The molecular weight excluding hydrogens is 338 g/mol. The van der Waals surface area contributed by atoms with E-state index in [1.807, 2.05) is 30.3 Å². The zero-order valence-electron chi connectivity index (χ0n) is 13.5. The largest absolute Gasteiger partial charge is 0.336 e. The summed E-state index contributed by atoms with van der Waals surface area (Å²) in [6.45, 7) is 0.161. The molecular formula is C18H15N3O3S. The molecule has 0 bridgehead atoms. The summed E-state index contributed by atoms with van der Waals surface area (Å²) in [5, 5.41) is 11.9. The van der Waals surface area contributed by atoms with Crippen LogP contribution < -0.4 is 0 Å². The summed E-state index contributed by atoms with van der Waals surface area (Å²) in [6.07, 6.45) is 1.55. The number of amides is 1. The van der Waals surface area contributed by atoms with Gasteiger partial charge in [0, 0.05) is 24.2 Å². The molecule has 0 unspecified atom stereocenters. The van der Waals surface area contributed by atoms with Gasteiger partial charge in [0.05, 0.1) is 17.7 Å². The van der Waals surface area contributed by atoms with E-state index in [2.05, 4.69) is 4.98 Å². The molecule has 0 spiro atoms. The van der Waals surface area contributed by atoms with E-state index in [0.29, 0.717) is 10.4 Å². The maximum atomic E-state index is 12.6. The van der Waals surface area contributed by atoms with Crippen molar-refractivity contribution in [3.05, 3.63) is 81.3 Å². The summed E-state index contributed by atoms with van der Waals surface area (Å²) < 4.78 is 0. The SMILES string of the molecule is CN(Cc1ccccc1[N+](=O)[O-])C(=O)c1cnc(-c2ccccc2)s1. The standard InChI is InChI=1S/C18H15N3O3S/c1-20(12-14-9-5-6-10-15(14)21(23)24)18(22)16-11-19-17(25-16)13-7-3-2-4-8-13/h2-11H,12H2,1H3. The molecule has 0 aliphatic rings. The van der Waals surface area contributed by atoms with E-state index in [0.717, 1.165) is 10.6 Å². The lowest BCUT2D eigenvalue weighted by Crippen LogP contribution is -2.25. The van der Waals surface area contributed by atoms with Crippen LogP contribution in [0.4, 0.5) is 5.69 Å². The topological polar surface area (TPSA) is 76.3 Å². The molecule has 0 fully saturated rings. The molecule has 3 aromatic rings. The minimum absolute atomic E-state index is 0.0106. The first-order chi connectivity index (χ1) is 12.1. The molecule has 25 heavy (non-hydrogen) atoms. The highest BCUT2D eigenvalue weighted by atomic mass is 32.1. The minimum atomic E-state index is -0.437. The predicted molar refractivity (Wildman–Crippen MR) is 96.4 cm³/mol. The van der Waals surface area contributed by atoms with Crippen molar-refractivity contribution in [3.63, 3.8) is 0 Å². The highest BCUT2D eigenvalue weighted by Crippen LogP contribution is 2.26. The van der Waals surface area contributed by atoms with Gasteiger partial charge in [-0.25, -0.2) is 4.98 Å². The third-order valence-corrected chi connectivity index (χ3v) is 4.71. The van der Waals surface area contributed by atoms with Crippen molar-refractivity contribution in [1.29, 1.82) is 0 Å². The van der Waals surface area contributed by atoms with Crippen LogP contribution in [-0.4, -0.2) is 27.8 Å². The molecule has 0 saturated heterocycles. The second kappa shape index (κ2) is 7.23. The zero-order valence-corrected chi connectivity index (χ0v) is 14.3. The number of nitro groups is 1. The number of hydrogen-bond acceptors (Lipinski definition) is 5. The molecule has 0 radical (unpaired) electrons. The Morgan fingerprint density at radius 3 is 2.56 bits per heavy atom. The van der Waals surface area contributed by atoms with Gasteiger partial charge in [0.25, 0.3) is 11.6 Å². The van der Waals surface area contributed by atoms with Gasteiger partial charge in [-0.2, -0.15) is 0 Å². The van der Waals surface area contributed by atoms with E-state index in [1.165, 1.54) is 22.3 Å². The van der Waals surface area contributed by atoms with Gasteiger partial charge in [-0.05, 0) is 0 Å². The maximum absolute atomic E-state index is 12.6. The number of benzene rings is 2. The molecule has 1 heterocycles. The Morgan fingerprint density at radius 1 is 1.16 bits per heavy atom. The quantitative estimate of drug-likeness (QED) is 0.513. The number of hydrogen-bond donors (Lipinski definition) is 0. The highest BCUT2D eigenvalue weighted by Gasteiger charge is 2.20. The fourth-order valence-electron chi connectivity index (χ4n) is 2.43. The van der Waals surface area contributed by atoms with Gasteiger partial charge >= 0.3 is 0 Å². The first-order valence-corrected chi connectivity index (χ1v) is 8.37. The van der Waals surface area contributed by atoms with E-state index in [9.17, 15) is 14.9 Å². The summed E-state index contributed by atoms with van der Waals surface area (Å²) in [6, 6.07) is 16.0. The minimum Gasteiger partial charge on any atom is -0.336 e. The maximum Gasteiger partial charge on any atom is 0.274 e. The van der Waals surface area contributed by atoms with Crippen LogP contribution in [0.5, 0.6) is 0 Å². The second-order valence-electron chi connectivity index (χ2n) is 5.44. The monoisotopic (exact) mass is 353 g/mol. The fourth-order valence-corrected chi connectivity index (χ4v) is 3.34.